The number of fused-ring (bicyclic) bond motifs is 1. The molecule has 1 fully saturated rings. The van der Waals surface area contributed by atoms with Crippen LogP contribution in [0.3, 0.4) is 0 Å². The molecule has 5 rings (SSSR count). The van der Waals surface area contributed by atoms with Crippen molar-refractivity contribution in [3.05, 3.63) is 59.8 Å². The zero-order chi connectivity index (χ0) is 22.9. The number of aromatic nitrogens is 6. The molecule has 0 bridgehead atoms. The van der Waals surface area contributed by atoms with E-state index in [4.69, 9.17) is 4.74 Å². The summed E-state index contributed by atoms with van der Waals surface area (Å²) in [5.74, 6) is -0.865. The molecule has 1 aliphatic heterocycles. The predicted octanol–water partition coefficient (Wildman–Crippen LogP) is 3.03. The Morgan fingerprint density at radius 3 is 2.76 bits per heavy atom. The zero-order valence-corrected chi connectivity index (χ0v) is 19.2. The molecular formula is C22H24ClF2N7O2. The van der Waals surface area contributed by atoms with Crippen LogP contribution in [0.25, 0.3) is 16.8 Å². The Hall–Kier alpha value is -3.15. The van der Waals surface area contributed by atoms with Gasteiger partial charge in [-0.1, -0.05) is 5.21 Å². The van der Waals surface area contributed by atoms with Gasteiger partial charge >= 0.3 is 0 Å². The predicted molar refractivity (Wildman–Crippen MR) is 122 cm³/mol. The minimum Gasteiger partial charge on any atom is -0.488 e. The number of hydrogen-bond donors (Lipinski definition) is 2. The fourth-order valence-electron chi connectivity index (χ4n) is 4.13. The van der Waals surface area contributed by atoms with Gasteiger partial charge in [-0.15, -0.1) is 17.5 Å². The molecule has 12 heteroatoms. The van der Waals surface area contributed by atoms with Crippen LogP contribution in [-0.2, 0) is 0 Å². The van der Waals surface area contributed by atoms with Crippen molar-refractivity contribution >= 4 is 17.9 Å². The maximum Gasteiger partial charge on any atom is 0.172 e. The van der Waals surface area contributed by atoms with Gasteiger partial charge in [0.1, 0.15) is 35.5 Å². The van der Waals surface area contributed by atoms with Crippen LogP contribution in [0.4, 0.5) is 8.78 Å². The number of aliphatic hydroxyl groups is 1. The van der Waals surface area contributed by atoms with Crippen molar-refractivity contribution in [2.75, 3.05) is 19.7 Å². The largest absolute Gasteiger partial charge is 0.488 e. The summed E-state index contributed by atoms with van der Waals surface area (Å²) < 4.78 is 36.6. The fraction of sp³-hybridized carbons (Fsp3) is 0.364. The summed E-state index contributed by atoms with van der Waals surface area (Å²) >= 11 is 0. The van der Waals surface area contributed by atoms with Crippen LogP contribution in [0.1, 0.15) is 36.4 Å². The van der Waals surface area contributed by atoms with E-state index >= 15 is 0 Å². The lowest BCUT2D eigenvalue weighted by Crippen LogP contribution is -2.30. The first-order chi connectivity index (χ1) is 16.0. The number of rotatable bonds is 6. The van der Waals surface area contributed by atoms with Crippen LogP contribution in [0.15, 0.2) is 36.8 Å². The van der Waals surface area contributed by atoms with Crippen LogP contribution < -0.4 is 10.1 Å². The quantitative estimate of drug-likeness (QED) is 0.427. The maximum absolute atomic E-state index is 14.4. The Balaban J connectivity index is 0.00000274. The summed E-state index contributed by atoms with van der Waals surface area (Å²) in [6.07, 6.45) is 4.61. The van der Waals surface area contributed by atoms with E-state index in [0.29, 0.717) is 11.3 Å². The van der Waals surface area contributed by atoms with E-state index in [0.717, 1.165) is 44.0 Å². The summed E-state index contributed by atoms with van der Waals surface area (Å²) in [6, 6.07) is 4.51. The molecular weight excluding hydrogens is 468 g/mol. The molecule has 1 atom stereocenters. The lowest BCUT2D eigenvalue weighted by atomic mass is 10.1. The fourth-order valence-corrected chi connectivity index (χ4v) is 4.13. The average Bonchev–Trinajstić information content (AvgIpc) is 3.41. The molecule has 5 heterocycles. The van der Waals surface area contributed by atoms with Gasteiger partial charge in [0.25, 0.3) is 0 Å². The number of pyridine rings is 2. The van der Waals surface area contributed by atoms with Crippen LogP contribution in [-0.4, -0.2) is 54.4 Å². The SMILES string of the molecule is Cc1c(-c2cc(OCC(O)c3ccc(F)cn3)c3c(F)cnn3c2)nnn1C1CCNCC1.Cl. The van der Waals surface area contributed by atoms with Crippen molar-refractivity contribution in [1.82, 2.24) is 34.9 Å². The number of aliphatic hydroxyl groups excluding tert-OH is 1. The molecule has 9 nitrogen and oxygen atoms in total. The maximum atomic E-state index is 14.4. The summed E-state index contributed by atoms with van der Waals surface area (Å²) in [4.78, 5) is 3.86. The van der Waals surface area contributed by atoms with E-state index in [1.165, 1.54) is 16.6 Å². The second kappa shape index (κ2) is 10.00. The first-order valence-electron chi connectivity index (χ1n) is 10.7. The molecule has 0 aliphatic carbocycles. The van der Waals surface area contributed by atoms with Gasteiger partial charge in [0.05, 0.1) is 29.8 Å². The van der Waals surface area contributed by atoms with Crippen molar-refractivity contribution < 1.29 is 18.6 Å². The number of piperidine rings is 1. The Labute approximate surface area is 200 Å². The Kier molecular flexibility index (Phi) is 7.05. The number of nitrogens with zero attached hydrogens (tertiary/aromatic N) is 6. The number of hydrogen-bond acceptors (Lipinski definition) is 7. The van der Waals surface area contributed by atoms with Crippen LogP contribution in [0.2, 0.25) is 0 Å². The third-order valence-corrected chi connectivity index (χ3v) is 5.88. The third kappa shape index (κ3) is 4.59. The van der Waals surface area contributed by atoms with Gasteiger partial charge in [0, 0.05) is 11.8 Å². The molecule has 0 radical (unpaired) electrons. The van der Waals surface area contributed by atoms with Gasteiger partial charge in [-0.25, -0.2) is 18.0 Å². The van der Waals surface area contributed by atoms with E-state index in [2.05, 4.69) is 25.7 Å². The Morgan fingerprint density at radius 2 is 2.03 bits per heavy atom. The highest BCUT2D eigenvalue weighted by Crippen LogP contribution is 2.32. The van der Waals surface area contributed by atoms with Crippen molar-refractivity contribution in [3.8, 4) is 17.0 Å². The number of halogens is 3. The molecule has 1 saturated heterocycles. The first kappa shape index (κ1) is 24.0. The van der Waals surface area contributed by atoms with Crippen LogP contribution in [0.5, 0.6) is 5.75 Å². The molecule has 0 aromatic carbocycles. The summed E-state index contributed by atoms with van der Waals surface area (Å²) in [6.45, 7) is 3.61. The molecule has 180 valence electrons. The monoisotopic (exact) mass is 491 g/mol. The summed E-state index contributed by atoms with van der Waals surface area (Å²) in [7, 11) is 0. The number of nitrogens with one attached hydrogen (secondary N) is 1. The molecule has 4 aromatic rings. The topological polar surface area (TPSA) is 102 Å². The lowest BCUT2D eigenvalue weighted by molar-refractivity contribution is 0.105. The van der Waals surface area contributed by atoms with Crippen molar-refractivity contribution in [3.63, 3.8) is 0 Å². The van der Waals surface area contributed by atoms with Crippen molar-refractivity contribution in [2.45, 2.75) is 31.9 Å². The van der Waals surface area contributed by atoms with E-state index in [-0.39, 0.29) is 42.0 Å². The minimum atomic E-state index is -1.12. The van der Waals surface area contributed by atoms with E-state index < -0.39 is 17.7 Å². The van der Waals surface area contributed by atoms with Crippen molar-refractivity contribution in [2.24, 2.45) is 0 Å². The molecule has 0 amide bonds. The van der Waals surface area contributed by atoms with E-state index in [1.54, 1.807) is 12.3 Å². The van der Waals surface area contributed by atoms with E-state index in [9.17, 15) is 13.9 Å². The first-order valence-corrected chi connectivity index (χ1v) is 10.7. The van der Waals surface area contributed by atoms with Gasteiger partial charge in [0.2, 0.25) is 0 Å². The van der Waals surface area contributed by atoms with Gasteiger partial charge in [0.15, 0.2) is 5.82 Å². The third-order valence-electron chi connectivity index (χ3n) is 5.88. The molecule has 1 unspecified atom stereocenters. The van der Waals surface area contributed by atoms with Crippen molar-refractivity contribution in [1.29, 1.82) is 0 Å². The second-order valence-corrected chi connectivity index (χ2v) is 8.06. The Morgan fingerprint density at radius 1 is 1.24 bits per heavy atom. The second-order valence-electron chi connectivity index (χ2n) is 8.06. The zero-order valence-electron chi connectivity index (χ0n) is 18.4. The molecule has 2 N–H and O–H groups in total. The smallest absolute Gasteiger partial charge is 0.172 e. The van der Waals surface area contributed by atoms with Crippen LogP contribution >= 0.6 is 12.4 Å². The molecule has 0 saturated carbocycles. The molecule has 1 aliphatic rings. The van der Waals surface area contributed by atoms with Gasteiger partial charge in [-0.2, -0.15) is 5.10 Å². The highest BCUT2D eigenvalue weighted by molar-refractivity contribution is 5.85. The van der Waals surface area contributed by atoms with E-state index in [1.807, 2.05) is 11.6 Å². The summed E-state index contributed by atoms with van der Waals surface area (Å²) in [5.41, 5.74) is 2.60. The molecule has 0 spiro atoms. The highest BCUT2D eigenvalue weighted by Gasteiger charge is 2.22. The van der Waals surface area contributed by atoms with Gasteiger partial charge < -0.3 is 15.2 Å². The normalized spacial score (nSPS) is 15.3. The van der Waals surface area contributed by atoms with Crippen LogP contribution in [0, 0.1) is 18.6 Å². The summed E-state index contributed by atoms with van der Waals surface area (Å²) in [5, 5.41) is 26.5. The molecule has 34 heavy (non-hydrogen) atoms. The van der Waals surface area contributed by atoms with Gasteiger partial charge in [-0.05, 0) is 51.1 Å². The standard InChI is InChI=1S/C22H23F2N7O2.ClH/c1-13-21(28-29-31(13)16-4-6-25-7-5-16)14-8-20(22-17(24)10-27-30(22)11-14)33-12-19(32)18-3-2-15(23)9-26-18;/h2-3,8-11,16,19,25,32H,4-7,12H2,1H3;1H. The highest BCUT2D eigenvalue weighted by atomic mass is 35.5. The lowest BCUT2D eigenvalue weighted by Gasteiger charge is -2.23. The number of ether oxygens (including phenoxy) is 1. The minimum absolute atomic E-state index is 0. The van der Waals surface area contributed by atoms with Gasteiger partial charge in [-0.3, -0.25) is 4.98 Å². The Bertz CT molecular complexity index is 1270. The average molecular weight is 492 g/mol. The molecule has 4 aromatic heterocycles.